The monoisotopic (exact) mass is 448 g/mol. The quantitative estimate of drug-likeness (QED) is 0.597. The highest BCUT2D eigenvalue weighted by Crippen LogP contribution is 2.44. The Labute approximate surface area is 190 Å². The number of Topliss-reactive ketones (excluding diaryl/α,β-unsaturated/α-hetero) is 1. The maximum atomic E-state index is 13.6. The number of benzene rings is 2. The van der Waals surface area contributed by atoms with E-state index in [1.807, 2.05) is 36.4 Å². The fraction of sp³-hybridized carbons (Fsp3) is 0.292. The first-order valence-corrected chi connectivity index (χ1v) is 10.6. The van der Waals surface area contributed by atoms with Crippen molar-refractivity contribution >= 4 is 17.4 Å². The fourth-order valence-electron chi connectivity index (χ4n) is 4.46. The smallest absolute Gasteiger partial charge is 0.219 e. The largest absolute Gasteiger partial charge is 0.497 e. The van der Waals surface area contributed by atoms with Gasteiger partial charge in [0, 0.05) is 23.8 Å². The number of carbonyl (C=O) groups is 1. The van der Waals surface area contributed by atoms with Crippen LogP contribution in [0.2, 0.25) is 0 Å². The number of nitrogens with zero attached hydrogens (tertiary/aromatic N) is 2. The summed E-state index contributed by atoms with van der Waals surface area (Å²) in [6.45, 7) is 0. The summed E-state index contributed by atoms with van der Waals surface area (Å²) in [4.78, 5) is 13.6. The molecular weight excluding hydrogens is 424 g/mol. The van der Waals surface area contributed by atoms with Crippen LogP contribution in [0.4, 0.5) is 11.6 Å². The van der Waals surface area contributed by atoms with Gasteiger partial charge >= 0.3 is 0 Å². The topological polar surface area (TPSA) is 108 Å². The molecule has 0 saturated carbocycles. The van der Waals surface area contributed by atoms with Gasteiger partial charge in [-0.2, -0.15) is 0 Å². The van der Waals surface area contributed by atoms with Gasteiger partial charge < -0.3 is 24.8 Å². The van der Waals surface area contributed by atoms with Crippen molar-refractivity contribution in [3.8, 4) is 17.2 Å². The molecule has 2 N–H and O–H groups in total. The van der Waals surface area contributed by atoms with E-state index in [-0.39, 0.29) is 11.7 Å². The van der Waals surface area contributed by atoms with Crippen molar-refractivity contribution in [1.82, 2.24) is 10.3 Å². The molecule has 5 rings (SSSR count). The first-order valence-electron chi connectivity index (χ1n) is 10.6. The first kappa shape index (κ1) is 20.9. The number of anilines is 2. The van der Waals surface area contributed by atoms with Crippen LogP contribution in [-0.4, -0.2) is 37.4 Å². The van der Waals surface area contributed by atoms with Crippen molar-refractivity contribution in [3.63, 3.8) is 0 Å². The van der Waals surface area contributed by atoms with E-state index >= 15 is 0 Å². The number of ether oxygens (including phenoxy) is 3. The van der Waals surface area contributed by atoms with Crippen LogP contribution in [0.25, 0.3) is 0 Å². The van der Waals surface area contributed by atoms with Crippen LogP contribution in [0, 0.1) is 0 Å². The molecule has 170 valence electrons. The Morgan fingerprint density at radius 2 is 1.52 bits per heavy atom. The van der Waals surface area contributed by atoms with E-state index in [0.29, 0.717) is 41.5 Å². The lowest BCUT2D eigenvalue weighted by atomic mass is 9.78. The number of allylic oxidation sites excluding steroid dienone is 1. The van der Waals surface area contributed by atoms with Crippen molar-refractivity contribution < 1.29 is 23.6 Å². The van der Waals surface area contributed by atoms with E-state index in [2.05, 4.69) is 20.9 Å². The van der Waals surface area contributed by atoms with Crippen LogP contribution in [0.5, 0.6) is 17.2 Å². The summed E-state index contributed by atoms with van der Waals surface area (Å²) in [5, 5.41) is 14.6. The lowest BCUT2D eigenvalue weighted by Crippen LogP contribution is -2.27. The molecule has 0 unspecified atom stereocenters. The zero-order valence-electron chi connectivity index (χ0n) is 18.5. The summed E-state index contributed by atoms with van der Waals surface area (Å²) < 4.78 is 21.1. The van der Waals surface area contributed by atoms with Crippen molar-refractivity contribution in [2.75, 3.05) is 32.0 Å². The lowest BCUT2D eigenvalue weighted by molar-refractivity contribution is -0.116. The molecule has 1 aliphatic carbocycles. The SMILES string of the molecule is COc1ccc([C@@H]2CC(=O)C3=C(C2)Nc2nonc2N[C@@H]3c2cc(OC)cc(OC)c2)cc1. The van der Waals surface area contributed by atoms with E-state index in [4.69, 9.17) is 18.8 Å². The molecule has 0 bridgehead atoms. The number of hydrogen-bond donors (Lipinski definition) is 2. The molecule has 9 heteroatoms. The third kappa shape index (κ3) is 3.86. The third-order valence-electron chi connectivity index (χ3n) is 6.13. The molecule has 1 aromatic heterocycles. The number of aromatic nitrogens is 2. The average molecular weight is 448 g/mol. The molecule has 33 heavy (non-hydrogen) atoms. The second-order valence-corrected chi connectivity index (χ2v) is 8.00. The molecule has 2 heterocycles. The molecule has 2 atom stereocenters. The van der Waals surface area contributed by atoms with Crippen molar-refractivity contribution in [2.45, 2.75) is 24.8 Å². The Morgan fingerprint density at radius 3 is 2.18 bits per heavy atom. The van der Waals surface area contributed by atoms with E-state index in [9.17, 15) is 4.79 Å². The van der Waals surface area contributed by atoms with Gasteiger partial charge in [-0.15, -0.1) is 0 Å². The highest BCUT2D eigenvalue weighted by Gasteiger charge is 2.37. The molecule has 0 spiro atoms. The van der Waals surface area contributed by atoms with E-state index in [1.165, 1.54) is 0 Å². The predicted molar refractivity (Wildman–Crippen MR) is 121 cm³/mol. The summed E-state index contributed by atoms with van der Waals surface area (Å²) in [7, 11) is 4.82. The van der Waals surface area contributed by atoms with Gasteiger partial charge in [-0.25, -0.2) is 4.63 Å². The van der Waals surface area contributed by atoms with Gasteiger partial charge in [0.25, 0.3) is 0 Å². The number of rotatable bonds is 5. The summed E-state index contributed by atoms with van der Waals surface area (Å²) in [6.07, 6.45) is 1.03. The molecule has 1 aliphatic heterocycles. The van der Waals surface area contributed by atoms with E-state index in [0.717, 1.165) is 22.6 Å². The second-order valence-electron chi connectivity index (χ2n) is 8.00. The molecule has 0 radical (unpaired) electrons. The van der Waals surface area contributed by atoms with Crippen LogP contribution in [0.3, 0.4) is 0 Å². The van der Waals surface area contributed by atoms with E-state index in [1.54, 1.807) is 27.4 Å². The highest BCUT2D eigenvalue weighted by atomic mass is 16.6. The van der Waals surface area contributed by atoms with Gasteiger partial charge in [-0.1, -0.05) is 12.1 Å². The molecule has 3 aromatic rings. The fourth-order valence-corrected chi connectivity index (χ4v) is 4.46. The summed E-state index contributed by atoms with van der Waals surface area (Å²) >= 11 is 0. The molecule has 2 aliphatic rings. The Hall–Kier alpha value is -4.01. The second kappa shape index (κ2) is 8.50. The maximum absolute atomic E-state index is 13.6. The van der Waals surface area contributed by atoms with Gasteiger partial charge in [0.2, 0.25) is 11.6 Å². The predicted octanol–water partition coefficient (Wildman–Crippen LogP) is 4.07. The number of fused-ring (bicyclic) bond motifs is 1. The van der Waals surface area contributed by atoms with Crippen LogP contribution in [0.1, 0.15) is 35.9 Å². The molecule has 2 aromatic carbocycles. The maximum Gasteiger partial charge on any atom is 0.219 e. The summed E-state index contributed by atoms with van der Waals surface area (Å²) in [6, 6.07) is 12.9. The van der Waals surface area contributed by atoms with Crippen molar-refractivity contribution in [1.29, 1.82) is 0 Å². The van der Waals surface area contributed by atoms with Crippen LogP contribution in [0.15, 0.2) is 58.4 Å². The summed E-state index contributed by atoms with van der Waals surface area (Å²) in [5.41, 5.74) is 3.33. The lowest BCUT2D eigenvalue weighted by Gasteiger charge is -2.30. The Bertz CT molecular complexity index is 1200. The number of ketones is 1. The minimum Gasteiger partial charge on any atom is -0.497 e. The molecular formula is C24H24N4O5. The highest BCUT2D eigenvalue weighted by molar-refractivity contribution is 6.00. The normalized spacial score (nSPS) is 19.5. The van der Waals surface area contributed by atoms with Crippen molar-refractivity contribution in [2.24, 2.45) is 0 Å². The number of carbonyl (C=O) groups excluding carboxylic acids is 1. The zero-order valence-corrected chi connectivity index (χ0v) is 18.5. The summed E-state index contributed by atoms with van der Waals surface area (Å²) in [5.74, 6) is 2.99. The molecule has 0 fully saturated rings. The van der Waals surface area contributed by atoms with Gasteiger partial charge in [-0.05, 0) is 58.0 Å². The zero-order chi connectivity index (χ0) is 22.9. The Kier molecular flexibility index (Phi) is 5.37. The Balaban J connectivity index is 1.58. The van der Waals surface area contributed by atoms with Crippen LogP contribution >= 0.6 is 0 Å². The van der Waals surface area contributed by atoms with Crippen LogP contribution in [-0.2, 0) is 4.79 Å². The first-order chi connectivity index (χ1) is 16.1. The van der Waals surface area contributed by atoms with E-state index < -0.39 is 6.04 Å². The third-order valence-corrected chi connectivity index (χ3v) is 6.13. The number of methoxy groups -OCH3 is 3. The van der Waals surface area contributed by atoms with Gasteiger partial charge in [0.15, 0.2) is 5.78 Å². The molecule has 0 amide bonds. The molecule has 9 nitrogen and oxygen atoms in total. The van der Waals surface area contributed by atoms with Gasteiger partial charge in [-0.3, -0.25) is 4.79 Å². The van der Waals surface area contributed by atoms with Gasteiger partial charge in [0.1, 0.15) is 17.2 Å². The molecule has 0 saturated heterocycles. The Morgan fingerprint density at radius 1 is 0.848 bits per heavy atom. The number of nitrogens with one attached hydrogen (secondary N) is 2. The minimum absolute atomic E-state index is 0.0246. The standard InChI is InChI=1S/C24H24N4O5/c1-30-16-6-4-13(5-7-16)14-10-19-21(20(29)11-14)22(26-24-23(25-19)27-33-28-24)15-8-17(31-2)12-18(9-15)32-3/h4-9,12,14,22H,10-11H2,1-3H3,(H,25,27)(H,26,28)/t14-,22+/m0/s1. The average Bonchev–Trinajstić information content (AvgIpc) is 3.22. The van der Waals surface area contributed by atoms with Gasteiger partial charge in [0.05, 0.1) is 27.4 Å². The van der Waals surface area contributed by atoms with Crippen molar-refractivity contribution in [3.05, 3.63) is 64.9 Å². The van der Waals surface area contributed by atoms with Crippen LogP contribution < -0.4 is 24.8 Å². The number of hydrogen-bond acceptors (Lipinski definition) is 9. The minimum atomic E-state index is -0.478.